The number of aromatic nitrogens is 5. The lowest BCUT2D eigenvalue weighted by Gasteiger charge is -2.40. The third-order valence-corrected chi connectivity index (χ3v) is 10.1. The van der Waals surface area contributed by atoms with Gasteiger partial charge in [0.2, 0.25) is 0 Å². The second-order valence-electron chi connectivity index (χ2n) is 13.3. The van der Waals surface area contributed by atoms with E-state index in [2.05, 4.69) is 134 Å². The smallest absolute Gasteiger partial charge is 0.163 e. The van der Waals surface area contributed by atoms with Gasteiger partial charge in [-0.05, 0) is 83.1 Å². The summed E-state index contributed by atoms with van der Waals surface area (Å²) in [6, 6.07) is 48.1. The molecule has 0 N–H and O–H groups in total. The number of rotatable bonds is 7. The van der Waals surface area contributed by atoms with Crippen molar-refractivity contribution < 1.29 is 0 Å². The quantitative estimate of drug-likeness (QED) is 0.161. The molecule has 0 amide bonds. The molecule has 4 aromatic carbocycles. The highest BCUT2D eigenvalue weighted by Crippen LogP contribution is 2.46. The second-order valence-corrected chi connectivity index (χ2v) is 13.3. The third kappa shape index (κ3) is 6.14. The molecular weight excluding hydrogens is 611 g/mol. The van der Waals surface area contributed by atoms with E-state index in [1.54, 1.807) is 0 Å². The molecule has 0 radical (unpaired) electrons. The number of hydrogen-bond acceptors (Lipinski definition) is 5. The Balaban J connectivity index is 1.33. The average Bonchev–Trinajstić information content (AvgIpc) is 3.20. The zero-order chi connectivity index (χ0) is 33.9. The van der Waals surface area contributed by atoms with Gasteiger partial charge in [-0.2, -0.15) is 0 Å². The fourth-order valence-electron chi connectivity index (χ4n) is 7.02. The van der Waals surface area contributed by atoms with Crippen LogP contribution in [-0.4, -0.2) is 24.9 Å². The number of allylic oxidation sites excluding steroid dienone is 2. The molecule has 242 valence electrons. The van der Waals surface area contributed by atoms with E-state index in [4.69, 9.17) is 19.9 Å². The second kappa shape index (κ2) is 13.4. The zero-order valence-electron chi connectivity index (χ0n) is 28.2. The van der Waals surface area contributed by atoms with E-state index in [9.17, 15) is 0 Å². The van der Waals surface area contributed by atoms with Gasteiger partial charge >= 0.3 is 0 Å². The van der Waals surface area contributed by atoms with Crippen LogP contribution in [0.4, 0.5) is 0 Å². The molecule has 50 heavy (non-hydrogen) atoms. The summed E-state index contributed by atoms with van der Waals surface area (Å²) in [5, 5.41) is 0. The Morgan fingerprint density at radius 3 is 1.72 bits per heavy atom. The van der Waals surface area contributed by atoms with Crippen LogP contribution in [0.25, 0.3) is 56.3 Å². The number of hydrogen-bond donors (Lipinski definition) is 0. The topological polar surface area (TPSA) is 64.5 Å². The summed E-state index contributed by atoms with van der Waals surface area (Å²) in [4.78, 5) is 25.3. The summed E-state index contributed by atoms with van der Waals surface area (Å²) in [7, 11) is 0. The van der Waals surface area contributed by atoms with Gasteiger partial charge in [-0.15, -0.1) is 0 Å². The molecule has 3 unspecified atom stereocenters. The van der Waals surface area contributed by atoms with Crippen LogP contribution in [0, 0.1) is 5.92 Å². The minimum Gasteiger partial charge on any atom is -0.261 e. The van der Waals surface area contributed by atoms with Crippen molar-refractivity contribution >= 4 is 0 Å². The molecule has 8 rings (SSSR count). The van der Waals surface area contributed by atoms with Gasteiger partial charge < -0.3 is 0 Å². The van der Waals surface area contributed by atoms with E-state index in [1.807, 2.05) is 48.8 Å². The van der Waals surface area contributed by atoms with Crippen LogP contribution in [0.3, 0.4) is 0 Å². The van der Waals surface area contributed by atoms with E-state index < -0.39 is 0 Å². The molecule has 1 aliphatic rings. The zero-order valence-corrected chi connectivity index (χ0v) is 28.2. The lowest BCUT2D eigenvalue weighted by Crippen LogP contribution is -2.38. The van der Waals surface area contributed by atoms with Crippen molar-refractivity contribution in [2.24, 2.45) is 5.92 Å². The fourth-order valence-corrected chi connectivity index (χ4v) is 7.02. The molecule has 0 fully saturated rings. The maximum atomic E-state index is 5.36. The SMILES string of the molecule is CC1C(c2ccccn2)C=CCC1(C)c1nc(-c2cc(-c3ccccc3)cc(-c3ccccc3)c2)nc(-c2cccc(-c3ccccn3)c2)n1. The summed E-state index contributed by atoms with van der Waals surface area (Å²) in [6.07, 6.45) is 9.08. The van der Waals surface area contributed by atoms with Crippen LogP contribution in [0.5, 0.6) is 0 Å². The van der Waals surface area contributed by atoms with Crippen LogP contribution >= 0.6 is 0 Å². The van der Waals surface area contributed by atoms with E-state index in [1.165, 1.54) is 0 Å². The lowest BCUT2D eigenvalue weighted by atomic mass is 9.65. The minimum absolute atomic E-state index is 0.136. The van der Waals surface area contributed by atoms with Crippen molar-refractivity contribution in [3.63, 3.8) is 0 Å². The van der Waals surface area contributed by atoms with Crippen LogP contribution in [-0.2, 0) is 5.41 Å². The standard InChI is InChI=1S/C45H37N5/c1-31-39(41-23-10-12-26-47-41)21-14-24-45(31,2)44-49-42(35-20-13-19-34(27-35)40-22-9-11-25-46-40)48-43(50-44)38-29-36(32-15-5-3-6-16-32)28-37(30-38)33-17-7-4-8-18-33/h3-23,25-31,39H,24H2,1-2H3. The Labute approximate surface area is 293 Å². The maximum Gasteiger partial charge on any atom is 0.163 e. The van der Waals surface area contributed by atoms with Gasteiger partial charge in [-0.1, -0.05) is 117 Å². The molecular formula is C45H37N5. The van der Waals surface area contributed by atoms with Crippen molar-refractivity contribution in [2.75, 3.05) is 0 Å². The Hall–Kier alpha value is -6.07. The molecule has 0 saturated carbocycles. The summed E-state index contributed by atoms with van der Waals surface area (Å²) in [6.45, 7) is 4.59. The molecule has 7 aromatic rings. The molecule has 3 heterocycles. The summed E-state index contributed by atoms with van der Waals surface area (Å²) in [5.41, 5.74) is 8.97. The predicted molar refractivity (Wildman–Crippen MR) is 202 cm³/mol. The summed E-state index contributed by atoms with van der Waals surface area (Å²) >= 11 is 0. The summed E-state index contributed by atoms with van der Waals surface area (Å²) in [5.74, 6) is 2.40. The van der Waals surface area contributed by atoms with Crippen molar-refractivity contribution in [1.82, 2.24) is 24.9 Å². The normalized spacial score (nSPS) is 18.5. The predicted octanol–water partition coefficient (Wildman–Crippen LogP) is 10.6. The summed E-state index contributed by atoms with van der Waals surface area (Å²) < 4.78 is 0. The average molecular weight is 648 g/mol. The third-order valence-electron chi connectivity index (χ3n) is 10.1. The van der Waals surface area contributed by atoms with Gasteiger partial charge in [0.15, 0.2) is 11.6 Å². The first-order valence-electron chi connectivity index (χ1n) is 17.2. The minimum atomic E-state index is -0.374. The highest BCUT2D eigenvalue weighted by atomic mass is 15.0. The first-order chi connectivity index (χ1) is 24.5. The molecule has 0 aliphatic heterocycles. The van der Waals surface area contributed by atoms with Crippen molar-refractivity contribution in [3.05, 3.63) is 176 Å². The largest absolute Gasteiger partial charge is 0.261 e. The van der Waals surface area contributed by atoms with Crippen molar-refractivity contribution in [3.8, 4) is 56.3 Å². The van der Waals surface area contributed by atoms with Crippen LogP contribution in [0.1, 0.15) is 37.7 Å². The lowest BCUT2D eigenvalue weighted by molar-refractivity contribution is 0.261. The highest BCUT2D eigenvalue weighted by molar-refractivity contribution is 5.80. The van der Waals surface area contributed by atoms with Crippen molar-refractivity contribution in [2.45, 2.75) is 31.6 Å². The Morgan fingerprint density at radius 1 is 0.520 bits per heavy atom. The molecule has 3 aromatic heterocycles. The van der Waals surface area contributed by atoms with Crippen LogP contribution < -0.4 is 0 Å². The van der Waals surface area contributed by atoms with Crippen LogP contribution in [0.15, 0.2) is 164 Å². The fraction of sp³-hybridized carbons (Fsp3) is 0.133. The van der Waals surface area contributed by atoms with Gasteiger partial charge in [0.1, 0.15) is 5.82 Å². The van der Waals surface area contributed by atoms with E-state index in [0.29, 0.717) is 11.6 Å². The van der Waals surface area contributed by atoms with Crippen LogP contribution in [0.2, 0.25) is 0 Å². The Kier molecular flexibility index (Phi) is 8.39. The van der Waals surface area contributed by atoms with Gasteiger partial charge in [-0.3, -0.25) is 9.97 Å². The number of nitrogens with zero attached hydrogens (tertiary/aromatic N) is 5. The van der Waals surface area contributed by atoms with Crippen molar-refractivity contribution in [1.29, 1.82) is 0 Å². The van der Waals surface area contributed by atoms with E-state index >= 15 is 0 Å². The van der Waals surface area contributed by atoms with Gasteiger partial charge in [-0.25, -0.2) is 15.0 Å². The maximum absolute atomic E-state index is 5.36. The van der Waals surface area contributed by atoms with Gasteiger partial charge in [0.05, 0.1) is 5.69 Å². The van der Waals surface area contributed by atoms with E-state index in [-0.39, 0.29) is 17.3 Å². The first kappa shape index (κ1) is 31.2. The van der Waals surface area contributed by atoms with Gasteiger partial charge in [0, 0.05) is 46.1 Å². The Morgan fingerprint density at radius 2 is 1.08 bits per heavy atom. The molecule has 0 spiro atoms. The number of pyridine rings is 2. The Bertz CT molecular complexity index is 2210. The molecule has 0 saturated heterocycles. The molecule has 3 atom stereocenters. The molecule has 0 bridgehead atoms. The monoisotopic (exact) mass is 647 g/mol. The molecule has 1 aliphatic carbocycles. The highest BCUT2D eigenvalue weighted by Gasteiger charge is 2.42. The molecule has 5 heteroatoms. The van der Waals surface area contributed by atoms with E-state index in [0.717, 1.165) is 62.6 Å². The van der Waals surface area contributed by atoms with Gasteiger partial charge in [0.25, 0.3) is 0 Å². The molecule has 5 nitrogen and oxygen atoms in total. The first-order valence-corrected chi connectivity index (χ1v) is 17.2. The number of benzene rings is 4.